The van der Waals surface area contributed by atoms with Crippen molar-refractivity contribution in [1.29, 1.82) is 0 Å². The van der Waals surface area contributed by atoms with Crippen molar-refractivity contribution >= 4 is 27.9 Å². The zero-order valence-electron chi connectivity index (χ0n) is 8.57. The van der Waals surface area contributed by atoms with E-state index in [9.17, 15) is 9.59 Å². The molecular weight excluding hydrogens is 276 g/mol. The second-order valence-corrected chi connectivity index (χ2v) is 3.99. The number of benzene rings is 1. The second kappa shape index (κ2) is 5.50. The van der Waals surface area contributed by atoms with Gasteiger partial charge in [-0.15, -0.1) is 0 Å². The number of nitrogens with two attached hydrogens (primary N) is 1. The lowest BCUT2D eigenvalue weighted by molar-refractivity contribution is -0.126. The lowest BCUT2D eigenvalue weighted by atomic mass is 10.3. The summed E-state index contributed by atoms with van der Waals surface area (Å²) in [5.41, 5.74) is 4.81. The van der Waals surface area contributed by atoms with Crippen molar-refractivity contribution < 1.29 is 14.3 Å². The van der Waals surface area contributed by atoms with Crippen LogP contribution in [0.2, 0.25) is 0 Å². The Labute approximate surface area is 101 Å². The van der Waals surface area contributed by atoms with Gasteiger partial charge >= 0.3 is 6.03 Å². The van der Waals surface area contributed by atoms with Crippen LogP contribution in [0.15, 0.2) is 28.7 Å². The van der Waals surface area contributed by atoms with Gasteiger partial charge in [-0.25, -0.2) is 4.79 Å². The Morgan fingerprint density at radius 1 is 1.50 bits per heavy atom. The molecule has 3 N–H and O–H groups in total. The Kier molecular flexibility index (Phi) is 4.30. The standard InChI is InChI=1S/C10H11BrN2O3/c1-6(9(14)13-10(12)15)16-8-4-2-3-7(11)5-8/h2-6H,1H3,(H3,12,13,14,15)/t6-/m0/s1. The topological polar surface area (TPSA) is 81.4 Å². The highest BCUT2D eigenvalue weighted by atomic mass is 79.9. The Balaban J connectivity index is 2.60. The van der Waals surface area contributed by atoms with E-state index in [4.69, 9.17) is 10.5 Å². The smallest absolute Gasteiger partial charge is 0.318 e. The molecule has 1 rings (SSSR count). The monoisotopic (exact) mass is 286 g/mol. The highest BCUT2D eigenvalue weighted by molar-refractivity contribution is 9.10. The zero-order chi connectivity index (χ0) is 12.1. The number of ether oxygens (including phenoxy) is 1. The van der Waals surface area contributed by atoms with E-state index in [1.165, 1.54) is 6.92 Å². The van der Waals surface area contributed by atoms with Gasteiger partial charge in [-0.2, -0.15) is 0 Å². The van der Waals surface area contributed by atoms with Crippen molar-refractivity contribution in [3.63, 3.8) is 0 Å². The van der Waals surface area contributed by atoms with E-state index in [-0.39, 0.29) is 0 Å². The van der Waals surface area contributed by atoms with Gasteiger partial charge in [0.1, 0.15) is 5.75 Å². The molecule has 0 saturated carbocycles. The lowest BCUT2D eigenvalue weighted by Crippen LogP contribution is -2.42. The molecule has 0 aromatic heterocycles. The number of imide groups is 1. The third kappa shape index (κ3) is 3.90. The number of carbonyl (C=O) groups excluding carboxylic acids is 2. The summed E-state index contributed by atoms with van der Waals surface area (Å²) >= 11 is 3.27. The van der Waals surface area contributed by atoms with Crippen LogP contribution in [0.5, 0.6) is 5.75 Å². The summed E-state index contributed by atoms with van der Waals surface area (Å²) in [6, 6.07) is 6.14. The molecule has 3 amide bonds. The van der Waals surface area contributed by atoms with Crippen LogP contribution >= 0.6 is 15.9 Å². The first-order valence-corrected chi connectivity index (χ1v) is 5.31. The second-order valence-electron chi connectivity index (χ2n) is 3.07. The van der Waals surface area contributed by atoms with Crippen molar-refractivity contribution in [2.75, 3.05) is 0 Å². The van der Waals surface area contributed by atoms with E-state index in [0.717, 1.165) is 4.47 Å². The minimum absolute atomic E-state index is 0.529. The van der Waals surface area contributed by atoms with Crippen LogP contribution in [0.1, 0.15) is 6.92 Å². The molecule has 0 radical (unpaired) electrons. The average molecular weight is 287 g/mol. The summed E-state index contributed by atoms with van der Waals surface area (Å²) in [4.78, 5) is 21.7. The summed E-state index contributed by atoms with van der Waals surface area (Å²) in [5.74, 6) is -0.0472. The van der Waals surface area contributed by atoms with Crippen LogP contribution < -0.4 is 15.8 Å². The molecule has 0 fully saturated rings. The third-order valence-electron chi connectivity index (χ3n) is 1.72. The van der Waals surface area contributed by atoms with E-state index >= 15 is 0 Å². The van der Waals surface area contributed by atoms with E-state index in [2.05, 4.69) is 15.9 Å². The molecule has 16 heavy (non-hydrogen) atoms. The van der Waals surface area contributed by atoms with Crippen LogP contribution in [0, 0.1) is 0 Å². The minimum atomic E-state index is -0.894. The molecule has 6 heteroatoms. The zero-order valence-corrected chi connectivity index (χ0v) is 10.2. The molecule has 0 spiro atoms. The van der Waals surface area contributed by atoms with E-state index < -0.39 is 18.0 Å². The summed E-state index contributed by atoms with van der Waals surface area (Å²) < 4.78 is 6.15. The summed E-state index contributed by atoms with van der Waals surface area (Å²) in [6.07, 6.45) is -0.790. The van der Waals surface area contributed by atoms with Gasteiger partial charge in [-0.05, 0) is 25.1 Å². The van der Waals surface area contributed by atoms with Gasteiger partial charge in [0.15, 0.2) is 6.10 Å². The molecule has 0 heterocycles. The van der Waals surface area contributed by atoms with Crippen molar-refractivity contribution in [3.8, 4) is 5.75 Å². The molecule has 1 aromatic carbocycles. The van der Waals surface area contributed by atoms with Gasteiger partial charge in [0, 0.05) is 4.47 Å². The molecular formula is C10H11BrN2O3. The van der Waals surface area contributed by atoms with Crippen molar-refractivity contribution in [2.24, 2.45) is 5.73 Å². The number of hydrogen-bond acceptors (Lipinski definition) is 3. The first-order valence-electron chi connectivity index (χ1n) is 4.51. The van der Waals surface area contributed by atoms with Crippen LogP contribution in [-0.2, 0) is 4.79 Å². The summed E-state index contributed by atoms with van der Waals surface area (Å²) in [5, 5.41) is 1.94. The SMILES string of the molecule is C[C@H](Oc1cccc(Br)c1)C(=O)NC(N)=O. The van der Waals surface area contributed by atoms with Crippen molar-refractivity contribution in [3.05, 3.63) is 28.7 Å². The largest absolute Gasteiger partial charge is 0.481 e. The molecule has 86 valence electrons. The number of urea groups is 1. The first kappa shape index (κ1) is 12.5. The molecule has 0 saturated heterocycles. The number of primary amides is 1. The van der Waals surface area contributed by atoms with E-state index in [1.54, 1.807) is 18.2 Å². The highest BCUT2D eigenvalue weighted by Gasteiger charge is 2.15. The number of halogens is 1. The van der Waals surface area contributed by atoms with E-state index in [1.807, 2.05) is 11.4 Å². The normalized spacial score (nSPS) is 11.6. The van der Waals surface area contributed by atoms with Crippen LogP contribution in [0.4, 0.5) is 4.79 Å². The Morgan fingerprint density at radius 2 is 2.19 bits per heavy atom. The Morgan fingerprint density at radius 3 is 2.75 bits per heavy atom. The van der Waals surface area contributed by atoms with E-state index in [0.29, 0.717) is 5.75 Å². The average Bonchev–Trinajstić information content (AvgIpc) is 2.16. The van der Waals surface area contributed by atoms with Crippen LogP contribution in [0.3, 0.4) is 0 Å². The summed E-state index contributed by atoms with van der Waals surface area (Å²) in [7, 11) is 0. The number of rotatable bonds is 3. The highest BCUT2D eigenvalue weighted by Crippen LogP contribution is 2.18. The maximum Gasteiger partial charge on any atom is 0.318 e. The number of amides is 3. The fourth-order valence-electron chi connectivity index (χ4n) is 1.02. The number of nitrogens with one attached hydrogen (secondary N) is 1. The first-order chi connectivity index (χ1) is 7.49. The molecule has 5 nitrogen and oxygen atoms in total. The van der Waals surface area contributed by atoms with Gasteiger partial charge in [0.05, 0.1) is 0 Å². The van der Waals surface area contributed by atoms with Crippen LogP contribution in [0.25, 0.3) is 0 Å². The number of carbonyl (C=O) groups is 2. The molecule has 0 aliphatic rings. The predicted molar refractivity (Wildman–Crippen MR) is 62.0 cm³/mol. The number of hydrogen-bond donors (Lipinski definition) is 2. The van der Waals surface area contributed by atoms with Crippen molar-refractivity contribution in [2.45, 2.75) is 13.0 Å². The molecule has 0 aliphatic carbocycles. The molecule has 0 aliphatic heterocycles. The molecule has 1 atom stereocenters. The fourth-order valence-corrected chi connectivity index (χ4v) is 1.40. The van der Waals surface area contributed by atoms with Gasteiger partial charge in [-0.1, -0.05) is 22.0 Å². The lowest BCUT2D eigenvalue weighted by Gasteiger charge is -2.13. The van der Waals surface area contributed by atoms with Gasteiger partial charge in [-0.3, -0.25) is 10.1 Å². The van der Waals surface area contributed by atoms with Gasteiger partial charge < -0.3 is 10.5 Å². The Hall–Kier alpha value is -1.56. The maximum atomic E-state index is 11.3. The minimum Gasteiger partial charge on any atom is -0.481 e. The maximum absolute atomic E-state index is 11.3. The molecule has 1 aromatic rings. The Bertz CT molecular complexity index is 409. The van der Waals surface area contributed by atoms with Gasteiger partial charge in [0.2, 0.25) is 0 Å². The van der Waals surface area contributed by atoms with Crippen LogP contribution in [-0.4, -0.2) is 18.0 Å². The fraction of sp³-hybridized carbons (Fsp3) is 0.200. The third-order valence-corrected chi connectivity index (χ3v) is 2.22. The quantitative estimate of drug-likeness (QED) is 0.882. The summed E-state index contributed by atoms with van der Waals surface area (Å²) in [6.45, 7) is 1.53. The van der Waals surface area contributed by atoms with Crippen molar-refractivity contribution in [1.82, 2.24) is 5.32 Å². The molecule has 0 bridgehead atoms. The predicted octanol–water partition coefficient (Wildman–Crippen LogP) is 1.41. The molecule has 0 unspecified atom stereocenters. The van der Waals surface area contributed by atoms with Gasteiger partial charge in [0.25, 0.3) is 5.91 Å².